The molecule has 5 nitrogen and oxygen atoms in total. The van der Waals surface area contributed by atoms with Gasteiger partial charge in [0.15, 0.2) is 0 Å². The van der Waals surface area contributed by atoms with Crippen molar-refractivity contribution in [2.45, 2.75) is 45.8 Å². The second kappa shape index (κ2) is 8.54. The highest BCUT2D eigenvalue weighted by molar-refractivity contribution is 5.94. The fraction of sp³-hybridized carbons (Fsp3) is 0.529. The van der Waals surface area contributed by atoms with Gasteiger partial charge in [0.05, 0.1) is 6.10 Å². The van der Waals surface area contributed by atoms with E-state index in [0.29, 0.717) is 24.9 Å². The number of aryl methyl sites for hydroxylation is 1. The van der Waals surface area contributed by atoms with Crippen molar-refractivity contribution in [3.05, 3.63) is 35.4 Å². The molecular formula is C17H26N2O3. The molecule has 0 radical (unpaired) electrons. The third-order valence-corrected chi connectivity index (χ3v) is 3.45. The molecule has 0 aliphatic heterocycles. The van der Waals surface area contributed by atoms with Gasteiger partial charge in [0.1, 0.15) is 0 Å². The van der Waals surface area contributed by atoms with Gasteiger partial charge >= 0.3 is 0 Å². The summed E-state index contributed by atoms with van der Waals surface area (Å²) in [5.41, 5.74) is 1.55. The second-order valence-electron chi connectivity index (χ2n) is 5.77. The number of aliphatic hydroxyl groups is 1. The number of nitrogens with zero attached hydrogens (tertiary/aromatic N) is 1. The summed E-state index contributed by atoms with van der Waals surface area (Å²) in [6.45, 7) is 5.89. The quantitative estimate of drug-likeness (QED) is 0.804. The van der Waals surface area contributed by atoms with E-state index < -0.39 is 6.10 Å². The SMILES string of the molecule is CNC(=O)c1cccc(CCC(=O)N(CC(C)O)C(C)C)c1. The molecule has 0 aromatic heterocycles. The highest BCUT2D eigenvalue weighted by Gasteiger charge is 2.18. The van der Waals surface area contributed by atoms with Gasteiger partial charge in [-0.1, -0.05) is 12.1 Å². The van der Waals surface area contributed by atoms with Gasteiger partial charge in [-0.25, -0.2) is 0 Å². The Hall–Kier alpha value is -1.88. The lowest BCUT2D eigenvalue weighted by Crippen LogP contribution is -2.41. The number of rotatable bonds is 7. The molecule has 0 saturated heterocycles. The van der Waals surface area contributed by atoms with E-state index in [2.05, 4.69) is 5.32 Å². The van der Waals surface area contributed by atoms with Crippen LogP contribution >= 0.6 is 0 Å². The van der Waals surface area contributed by atoms with Crippen molar-refractivity contribution < 1.29 is 14.7 Å². The average Bonchev–Trinajstić information content (AvgIpc) is 2.49. The van der Waals surface area contributed by atoms with Gasteiger partial charge in [-0.05, 0) is 44.9 Å². The summed E-state index contributed by atoms with van der Waals surface area (Å²) in [7, 11) is 1.59. The number of hydrogen-bond acceptors (Lipinski definition) is 3. The lowest BCUT2D eigenvalue weighted by molar-refractivity contribution is -0.134. The maximum Gasteiger partial charge on any atom is 0.251 e. The Labute approximate surface area is 132 Å². The van der Waals surface area contributed by atoms with Gasteiger partial charge < -0.3 is 15.3 Å². The van der Waals surface area contributed by atoms with Crippen molar-refractivity contribution in [3.63, 3.8) is 0 Å². The zero-order valence-electron chi connectivity index (χ0n) is 13.8. The number of amides is 2. The lowest BCUT2D eigenvalue weighted by atomic mass is 10.1. The van der Waals surface area contributed by atoms with Gasteiger partial charge in [-0.15, -0.1) is 0 Å². The predicted molar refractivity (Wildman–Crippen MR) is 86.7 cm³/mol. The molecule has 1 aromatic rings. The second-order valence-corrected chi connectivity index (χ2v) is 5.77. The highest BCUT2D eigenvalue weighted by Crippen LogP contribution is 2.10. The first-order valence-electron chi connectivity index (χ1n) is 7.63. The molecular weight excluding hydrogens is 280 g/mol. The van der Waals surface area contributed by atoms with E-state index in [4.69, 9.17) is 0 Å². The van der Waals surface area contributed by atoms with Crippen LogP contribution in [0, 0.1) is 0 Å². The van der Waals surface area contributed by atoms with Crippen LogP contribution < -0.4 is 5.32 Å². The minimum Gasteiger partial charge on any atom is -0.392 e. The van der Waals surface area contributed by atoms with Crippen LogP contribution in [0.25, 0.3) is 0 Å². The molecule has 2 amide bonds. The van der Waals surface area contributed by atoms with E-state index in [1.54, 1.807) is 31.0 Å². The first-order chi connectivity index (χ1) is 10.3. The first-order valence-corrected chi connectivity index (χ1v) is 7.63. The molecule has 0 bridgehead atoms. The molecule has 2 N–H and O–H groups in total. The van der Waals surface area contributed by atoms with Crippen molar-refractivity contribution in [1.82, 2.24) is 10.2 Å². The molecule has 0 aliphatic carbocycles. The molecule has 0 spiro atoms. The Bertz CT molecular complexity index is 512. The topological polar surface area (TPSA) is 69.6 Å². The maximum atomic E-state index is 12.3. The van der Waals surface area contributed by atoms with Crippen LogP contribution in [-0.2, 0) is 11.2 Å². The molecule has 0 heterocycles. The average molecular weight is 306 g/mol. The summed E-state index contributed by atoms with van der Waals surface area (Å²) in [5, 5.41) is 12.1. The van der Waals surface area contributed by atoms with E-state index in [-0.39, 0.29) is 17.9 Å². The normalized spacial score (nSPS) is 12.1. The molecule has 22 heavy (non-hydrogen) atoms. The zero-order chi connectivity index (χ0) is 16.7. The zero-order valence-corrected chi connectivity index (χ0v) is 13.8. The number of carbonyl (C=O) groups excluding carboxylic acids is 2. The van der Waals surface area contributed by atoms with Crippen LogP contribution in [0.15, 0.2) is 24.3 Å². The van der Waals surface area contributed by atoms with Crippen LogP contribution in [0.1, 0.15) is 43.1 Å². The van der Waals surface area contributed by atoms with Crippen molar-refractivity contribution in [2.24, 2.45) is 0 Å². The number of carbonyl (C=O) groups is 2. The summed E-state index contributed by atoms with van der Waals surface area (Å²) in [6.07, 6.45) is 0.400. The molecule has 0 saturated carbocycles. The lowest BCUT2D eigenvalue weighted by Gasteiger charge is -2.28. The Morgan fingerprint density at radius 2 is 1.95 bits per heavy atom. The maximum absolute atomic E-state index is 12.3. The molecule has 5 heteroatoms. The Morgan fingerprint density at radius 1 is 1.27 bits per heavy atom. The monoisotopic (exact) mass is 306 g/mol. The van der Waals surface area contributed by atoms with E-state index in [0.717, 1.165) is 5.56 Å². The fourth-order valence-corrected chi connectivity index (χ4v) is 2.29. The molecule has 0 aliphatic rings. The van der Waals surface area contributed by atoms with Gasteiger partial charge in [-0.2, -0.15) is 0 Å². The molecule has 122 valence electrons. The molecule has 1 atom stereocenters. The third-order valence-electron chi connectivity index (χ3n) is 3.45. The minimum atomic E-state index is -0.539. The first kappa shape index (κ1) is 18.2. The van der Waals surface area contributed by atoms with Crippen molar-refractivity contribution in [1.29, 1.82) is 0 Å². The van der Waals surface area contributed by atoms with Crippen LogP contribution in [0.4, 0.5) is 0 Å². The summed E-state index contributed by atoms with van der Waals surface area (Å²) in [4.78, 5) is 25.6. The number of nitrogens with one attached hydrogen (secondary N) is 1. The summed E-state index contributed by atoms with van der Waals surface area (Å²) in [6, 6.07) is 7.34. The van der Waals surface area contributed by atoms with Crippen LogP contribution in [-0.4, -0.2) is 47.6 Å². The minimum absolute atomic E-state index is 0.0150. The molecule has 1 unspecified atom stereocenters. The predicted octanol–water partition coefficient (Wildman–Crippen LogP) is 1.60. The molecule has 1 aromatic carbocycles. The largest absolute Gasteiger partial charge is 0.392 e. The van der Waals surface area contributed by atoms with E-state index in [1.165, 1.54) is 0 Å². The summed E-state index contributed by atoms with van der Waals surface area (Å²) < 4.78 is 0. The Balaban J connectivity index is 2.68. The number of benzene rings is 1. The van der Waals surface area contributed by atoms with Crippen LogP contribution in [0.3, 0.4) is 0 Å². The van der Waals surface area contributed by atoms with Gasteiger partial charge in [0.25, 0.3) is 5.91 Å². The van der Waals surface area contributed by atoms with Gasteiger partial charge in [0, 0.05) is 31.6 Å². The Kier molecular flexibility index (Phi) is 7.05. The van der Waals surface area contributed by atoms with Crippen LogP contribution in [0.5, 0.6) is 0 Å². The van der Waals surface area contributed by atoms with Crippen LogP contribution in [0.2, 0.25) is 0 Å². The van der Waals surface area contributed by atoms with Crippen molar-refractivity contribution in [3.8, 4) is 0 Å². The molecule has 1 rings (SSSR count). The Morgan fingerprint density at radius 3 is 2.50 bits per heavy atom. The van der Waals surface area contributed by atoms with Crippen molar-refractivity contribution in [2.75, 3.05) is 13.6 Å². The van der Waals surface area contributed by atoms with Crippen molar-refractivity contribution >= 4 is 11.8 Å². The number of hydrogen-bond donors (Lipinski definition) is 2. The van der Waals surface area contributed by atoms with E-state index >= 15 is 0 Å². The third kappa shape index (κ3) is 5.48. The van der Waals surface area contributed by atoms with E-state index in [1.807, 2.05) is 26.0 Å². The van der Waals surface area contributed by atoms with Gasteiger partial charge in [0.2, 0.25) is 5.91 Å². The molecule has 0 fully saturated rings. The standard InChI is InChI=1S/C17H26N2O3/c1-12(2)19(11-13(3)20)16(21)9-8-14-6-5-7-15(10-14)17(22)18-4/h5-7,10,12-13,20H,8-9,11H2,1-4H3,(H,18,22). The fourth-order valence-electron chi connectivity index (χ4n) is 2.29. The smallest absolute Gasteiger partial charge is 0.251 e. The van der Waals surface area contributed by atoms with Gasteiger partial charge in [-0.3, -0.25) is 9.59 Å². The highest BCUT2D eigenvalue weighted by atomic mass is 16.3. The van der Waals surface area contributed by atoms with E-state index in [9.17, 15) is 14.7 Å². The number of aliphatic hydroxyl groups excluding tert-OH is 1. The summed E-state index contributed by atoms with van der Waals surface area (Å²) >= 11 is 0. The summed E-state index contributed by atoms with van der Waals surface area (Å²) in [5.74, 6) is -0.118.